The number of fused-ring (bicyclic) bond motifs is 1. The zero-order valence-electron chi connectivity index (χ0n) is 21.2. The van der Waals surface area contributed by atoms with Gasteiger partial charge in [-0.1, -0.05) is 30.0 Å². The Labute approximate surface area is 226 Å². The average molecular weight is 543 g/mol. The number of methoxy groups -OCH3 is 1. The molecule has 40 heavy (non-hydrogen) atoms. The van der Waals surface area contributed by atoms with Gasteiger partial charge in [-0.25, -0.2) is 28.1 Å². The molecule has 3 aromatic carbocycles. The Balaban J connectivity index is 1.62. The van der Waals surface area contributed by atoms with Crippen molar-refractivity contribution in [1.29, 1.82) is 0 Å². The second kappa shape index (κ2) is 10.8. The number of hydrogen-bond donors (Lipinski definition) is 2. The lowest BCUT2D eigenvalue weighted by molar-refractivity contribution is 0.411. The van der Waals surface area contributed by atoms with E-state index in [0.29, 0.717) is 17.0 Å². The van der Waals surface area contributed by atoms with Crippen molar-refractivity contribution < 1.29 is 17.9 Å². The number of aromatic nitrogens is 4. The number of nitrogens with one attached hydrogen (secondary N) is 1. The van der Waals surface area contributed by atoms with E-state index in [2.05, 4.69) is 32.1 Å². The van der Waals surface area contributed by atoms with Crippen LogP contribution in [-0.4, -0.2) is 26.6 Å². The van der Waals surface area contributed by atoms with Gasteiger partial charge in [-0.2, -0.15) is 0 Å². The van der Waals surface area contributed by atoms with Crippen LogP contribution in [-0.2, 0) is 0 Å². The number of anilines is 2. The van der Waals surface area contributed by atoms with Gasteiger partial charge in [0.15, 0.2) is 0 Å². The van der Waals surface area contributed by atoms with Gasteiger partial charge in [0.25, 0.3) is 5.56 Å². The Morgan fingerprint density at radius 3 is 2.50 bits per heavy atom. The smallest absolute Gasteiger partial charge is 0.269 e. The molecule has 0 aliphatic carbocycles. The first-order chi connectivity index (χ1) is 19.3. The van der Waals surface area contributed by atoms with Crippen LogP contribution in [0.3, 0.4) is 0 Å². The van der Waals surface area contributed by atoms with Gasteiger partial charge in [-0.05, 0) is 43.3 Å². The highest BCUT2D eigenvalue weighted by atomic mass is 19.1. The van der Waals surface area contributed by atoms with E-state index < -0.39 is 40.0 Å². The van der Waals surface area contributed by atoms with E-state index in [4.69, 9.17) is 10.5 Å². The highest BCUT2D eigenvalue weighted by Gasteiger charge is 2.23. The largest absolute Gasteiger partial charge is 0.497 e. The number of rotatable bonds is 5. The minimum Gasteiger partial charge on any atom is -0.497 e. The lowest BCUT2D eigenvalue weighted by Crippen LogP contribution is -2.28. The second-order valence-corrected chi connectivity index (χ2v) is 8.68. The number of benzene rings is 3. The summed E-state index contributed by atoms with van der Waals surface area (Å²) in [6.45, 7) is 1.66. The van der Waals surface area contributed by atoms with E-state index in [9.17, 15) is 18.0 Å². The number of ether oxygens (including phenoxy) is 1. The highest BCUT2D eigenvalue weighted by Crippen LogP contribution is 2.26. The Morgan fingerprint density at radius 2 is 1.75 bits per heavy atom. The van der Waals surface area contributed by atoms with Gasteiger partial charge in [0.2, 0.25) is 0 Å². The number of nitrogens with two attached hydrogens (primary N) is 1. The molecule has 0 aliphatic rings. The van der Waals surface area contributed by atoms with E-state index in [1.807, 2.05) is 0 Å². The number of hydrogen-bond acceptors (Lipinski definition) is 7. The van der Waals surface area contributed by atoms with Crippen LogP contribution in [0.1, 0.15) is 29.9 Å². The van der Waals surface area contributed by atoms with Gasteiger partial charge < -0.3 is 15.8 Å². The topological polar surface area (TPSA) is 108 Å². The first kappa shape index (κ1) is 26.2. The van der Waals surface area contributed by atoms with Gasteiger partial charge in [0.05, 0.1) is 18.8 Å². The van der Waals surface area contributed by atoms with Crippen molar-refractivity contribution in [3.05, 3.63) is 112 Å². The maximum atomic E-state index is 14.7. The molecule has 1 unspecified atom stereocenters. The summed E-state index contributed by atoms with van der Waals surface area (Å²) in [7, 11) is 1.41. The quantitative estimate of drug-likeness (QED) is 0.309. The Hall–Kier alpha value is -5.37. The predicted octanol–water partition coefficient (Wildman–Crippen LogP) is 4.76. The Bertz CT molecular complexity index is 1870. The molecule has 0 saturated heterocycles. The van der Waals surface area contributed by atoms with Crippen molar-refractivity contribution in [2.45, 2.75) is 13.0 Å². The van der Waals surface area contributed by atoms with Gasteiger partial charge in [0.1, 0.15) is 63.5 Å². The summed E-state index contributed by atoms with van der Waals surface area (Å²) in [5.74, 6) is 4.02. The van der Waals surface area contributed by atoms with Crippen LogP contribution in [0.4, 0.5) is 24.8 Å². The zero-order chi connectivity index (χ0) is 28.4. The summed E-state index contributed by atoms with van der Waals surface area (Å²) in [6, 6.07) is 13.5. The van der Waals surface area contributed by atoms with Crippen LogP contribution in [0.25, 0.3) is 16.6 Å². The van der Waals surface area contributed by atoms with Crippen molar-refractivity contribution in [3.63, 3.8) is 0 Å². The molecule has 0 fully saturated rings. The molecule has 2 heterocycles. The molecule has 5 rings (SSSR count). The summed E-state index contributed by atoms with van der Waals surface area (Å²) in [5.41, 5.74) is 5.83. The van der Waals surface area contributed by atoms with E-state index in [0.717, 1.165) is 12.1 Å². The minimum atomic E-state index is -0.888. The summed E-state index contributed by atoms with van der Waals surface area (Å²) >= 11 is 0. The fourth-order valence-corrected chi connectivity index (χ4v) is 4.14. The van der Waals surface area contributed by atoms with Gasteiger partial charge in [-0.3, -0.25) is 9.36 Å². The molecule has 0 amide bonds. The van der Waals surface area contributed by atoms with E-state index in [1.54, 1.807) is 43.3 Å². The van der Waals surface area contributed by atoms with Crippen molar-refractivity contribution >= 4 is 22.5 Å². The third kappa shape index (κ3) is 5.02. The molecule has 0 saturated carbocycles. The Kier molecular flexibility index (Phi) is 7.07. The van der Waals surface area contributed by atoms with Crippen molar-refractivity contribution in [2.24, 2.45) is 0 Å². The fourth-order valence-electron chi connectivity index (χ4n) is 4.14. The van der Waals surface area contributed by atoms with E-state index >= 15 is 0 Å². The molecule has 5 aromatic rings. The number of para-hydroxylation sites is 1. The average Bonchev–Trinajstić information content (AvgIpc) is 2.94. The van der Waals surface area contributed by atoms with Crippen LogP contribution in [0.2, 0.25) is 0 Å². The Morgan fingerprint density at radius 1 is 1.00 bits per heavy atom. The molecule has 3 N–H and O–H groups in total. The summed E-state index contributed by atoms with van der Waals surface area (Å²) in [6.07, 6.45) is 1.22. The maximum absolute atomic E-state index is 14.7. The first-order valence-electron chi connectivity index (χ1n) is 12.0. The van der Waals surface area contributed by atoms with Crippen LogP contribution >= 0.6 is 0 Å². The summed E-state index contributed by atoms with van der Waals surface area (Å²) in [5, 5.41) is 2.63. The summed E-state index contributed by atoms with van der Waals surface area (Å²) < 4.78 is 49.6. The maximum Gasteiger partial charge on any atom is 0.269 e. The molecular weight excluding hydrogens is 521 g/mol. The molecular formula is C29H21F3N6O2. The predicted molar refractivity (Wildman–Crippen MR) is 145 cm³/mol. The van der Waals surface area contributed by atoms with Crippen molar-refractivity contribution in [1.82, 2.24) is 19.5 Å². The number of nitrogens with zero attached hydrogens (tertiary/aromatic N) is 4. The number of halogens is 3. The van der Waals surface area contributed by atoms with E-state index in [-0.39, 0.29) is 23.0 Å². The molecule has 1 atom stereocenters. The molecule has 8 nitrogen and oxygen atoms in total. The lowest BCUT2D eigenvalue weighted by Gasteiger charge is -2.21. The lowest BCUT2D eigenvalue weighted by atomic mass is 10.1. The van der Waals surface area contributed by atoms with Gasteiger partial charge in [0, 0.05) is 11.6 Å². The molecule has 0 bridgehead atoms. The molecule has 0 aliphatic heterocycles. The van der Waals surface area contributed by atoms with E-state index in [1.165, 1.54) is 30.1 Å². The first-order valence-corrected chi connectivity index (χ1v) is 12.0. The molecule has 11 heteroatoms. The monoisotopic (exact) mass is 542 g/mol. The molecule has 0 spiro atoms. The standard InChI is InChI=1S/C29H21F3N6O2/c1-16(36-27-21(26(33)34-15-35-27)9-8-17-12-18(30)14-20(13-17)40-2)28-37-25-23(32)11-10-22(31)24(25)29(39)38(28)19-6-4-3-5-7-19/h3-7,10-16H,1-2H3,(H3,33,34,35,36). The van der Waals surface area contributed by atoms with Crippen LogP contribution in [0.15, 0.2) is 71.8 Å². The highest BCUT2D eigenvalue weighted by molar-refractivity contribution is 5.79. The molecule has 2 aromatic heterocycles. The normalized spacial score (nSPS) is 11.5. The minimum absolute atomic E-state index is 0.0422. The number of nitrogen functional groups attached to an aromatic ring is 1. The van der Waals surface area contributed by atoms with Gasteiger partial charge in [-0.15, -0.1) is 0 Å². The third-order valence-electron chi connectivity index (χ3n) is 6.02. The summed E-state index contributed by atoms with van der Waals surface area (Å²) in [4.78, 5) is 26.1. The second-order valence-electron chi connectivity index (χ2n) is 8.68. The fraction of sp³-hybridized carbons (Fsp3) is 0.103. The molecule has 0 radical (unpaired) electrons. The van der Waals surface area contributed by atoms with Crippen LogP contribution in [0.5, 0.6) is 5.75 Å². The zero-order valence-corrected chi connectivity index (χ0v) is 21.2. The van der Waals surface area contributed by atoms with Crippen molar-refractivity contribution in [3.8, 4) is 23.3 Å². The van der Waals surface area contributed by atoms with Crippen LogP contribution < -0.4 is 21.3 Å². The van der Waals surface area contributed by atoms with Gasteiger partial charge >= 0.3 is 0 Å². The molecule has 200 valence electrons. The SMILES string of the molecule is COc1cc(F)cc(C#Cc2c(N)ncnc2NC(C)c2nc3c(F)ccc(F)c3c(=O)n2-c2ccccc2)c1. The van der Waals surface area contributed by atoms with Crippen molar-refractivity contribution in [2.75, 3.05) is 18.2 Å². The third-order valence-corrected chi connectivity index (χ3v) is 6.02. The van der Waals surface area contributed by atoms with Crippen LogP contribution in [0, 0.1) is 29.3 Å².